The zero-order valence-electron chi connectivity index (χ0n) is 9.88. The minimum Gasteiger partial charge on any atom is -0.270 e. The highest BCUT2D eigenvalue weighted by Crippen LogP contribution is 2.17. The highest BCUT2D eigenvalue weighted by atomic mass is 32.2. The van der Waals surface area contributed by atoms with E-state index in [1.807, 2.05) is 6.92 Å². The lowest BCUT2D eigenvalue weighted by atomic mass is 10.5. The van der Waals surface area contributed by atoms with Gasteiger partial charge in [-0.25, -0.2) is 15.8 Å². The predicted molar refractivity (Wildman–Crippen MR) is 69.2 cm³/mol. The first-order valence-corrected chi connectivity index (χ1v) is 6.26. The summed E-state index contributed by atoms with van der Waals surface area (Å²) in [5, 5.41) is 1.88. The molecule has 0 amide bonds. The van der Waals surface area contributed by atoms with Crippen molar-refractivity contribution < 1.29 is 8.78 Å². The fraction of sp³-hybridized carbons (Fsp3) is 0.273. The van der Waals surface area contributed by atoms with Gasteiger partial charge in [-0.05, 0) is 19.4 Å². The van der Waals surface area contributed by atoms with Gasteiger partial charge in [0.25, 0.3) is 6.08 Å². The first kappa shape index (κ1) is 14.6. The third kappa shape index (κ3) is 5.24. The third-order valence-electron chi connectivity index (χ3n) is 1.84. The van der Waals surface area contributed by atoms with E-state index in [9.17, 15) is 8.78 Å². The van der Waals surface area contributed by atoms with Gasteiger partial charge >= 0.3 is 0 Å². The zero-order valence-corrected chi connectivity index (χ0v) is 10.7. The van der Waals surface area contributed by atoms with Gasteiger partial charge in [-0.15, -0.1) is 0 Å². The van der Waals surface area contributed by atoms with Gasteiger partial charge in [0, 0.05) is 24.2 Å². The number of hydrogen-bond acceptors (Lipinski definition) is 5. The summed E-state index contributed by atoms with van der Waals surface area (Å²) in [6.45, 7) is 1.84. The van der Waals surface area contributed by atoms with Crippen LogP contribution < -0.4 is 10.9 Å². The molecule has 0 aliphatic heterocycles. The van der Waals surface area contributed by atoms with Gasteiger partial charge in [0.05, 0.1) is 0 Å². The average molecular weight is 272 g/mol. The molecule has 1 aromatic heterocycles. The normalized spacial score (nSPS) is 10.7. The number of nitrogens with two attached hydrogens (primary N) is 1. The standard InChI is InChI=1S/C11H14F2N4S/c1-2-7-17(14)10-5-6-15-11(16-10)18-8-3-4-9(12)13/h2,4-7H,3,8,14H2,1H3/b7-2-. The Morgan fingerprint density at radius 3 is 3.00 bits per heavy atom. The van der Waals surface area contributed by atoms with E-state index in [0.29, 0.717) is 16.7 Å². The van der Waals surface area contributed by atoms with E-state index in [1.165, 1.54) is 16.8 Å². The minimum atomic E-state index is -1.66. The Kier molecular flexibility index (Phi) is 6.31. The van der Waals surface area contributed by atoms with Crippen LogP contribution in [0.15, 0.2) is 41.9 Å². The van der Waals surface area contributed by atoms with Crippen molar-refractivity contribution >= 4 is 17.6 Å². The molecule has 98 valence electrons. The summed E-state index contributed by atoms with van der Waals surface area (Å²) >= 11 is 1.31. The average Bonchev–Trinajstić information content (AvgIpc) is 2.35. The van der Waals surface area contributed by atoms with E-state index in [4.69, 9.17) is 5.84 Å². The van der Waals surface area contributed by atoms with Gasteiger partial charge in [-0.3, -0.25) is 5.01 Å². The number of halogens is 2. The van der Waals surface area contributed by atoms with Crippen LogP contribution in [0, 0.1) is 0 Å². The van der Waals surface area contributed by atoms with Crippen molar-refractivity contribution in [2.45, 2.75) is 18.5 Å². The summed E-state index contributed by atoms with van der Waals surface area (Å²) in [6, 6.07) is 1.67. The number of aromatic nitrogens is 2. The van der Waals surface area contributed by atoms with Crippen LogP contribution in [-0.2, 0) is 0 Å². The van der Waals surface area contributed by atoms with E-state index in [-0.39, 0.29) is 6.42 Å². The second-order valence-electron chi connectivity index (χ2n) is 3.22. The number of anilines is 1. The first-order chi connectivity index (χ1) is 8.63. The molecule has 4 nitrogen and oxygen atoms in total. The number of allylic oxidation sites excluding steroid dienone is 2. The van der Waals surface area contributed by atoms with Crippen LogP contribution in [0.2, 0.25) is 0 Å². The molecule has 7 heteroatoms. The fourth-order valence-electron chi connectivity index (χ4n) is 1.10. The molecule has 0 aromatic carbocycles. The van der Waals surface area contributed by atoms with Crippen LogP contribution in [0.4, 0.5) is 14.6 Å². The largest absolute Gasteiger partial charge is 0.270 e. The summed E-state index contributed by atoms with van der Waals surface area (Å²) in [7, 11) is 0. The van der Waals surface area contributed by atoms with Gasteiger partial charge in [-0.1, -0.05) is 17.8 Å². The number of hydrazine groups is 1. The molecule has 0 aliphatic carbocycles. The maximum atomic E-state index is 11.8. The Morgan fingerprint density at radius 2 is 2.33 bits per heavy atom. The molecule has 0 saturated heterocycles. The SMILES string of the molecule is C/C=C\N(N)c1ccnc(SCCC=C(F)F)n1. The zero-order chi connectivity index (χ0) is 13.4. The van der Waals surface area contributed by atoms with E-state index in [0.717, 1.165) is 6.08 Å². The van der Waals surface area contributed by atoms with Gasteiger partial charge in [0.2, 0.25) is 0 Å². The maximum absolute atomic E-state index is 11.8. The highest BCUT2D eigenvalue weighted by Gasteiger charge is 2.03. The molecule has 2 N–H and O–H groups in total. The van der Waals surface area contributed by atoms with Gasteiger partial charge in [0.1, 0.15) is 0 Å². The van der Waals surface area contributed by atoms with Crippen molar-refractivity contribution in [1.29, 1.82) is 0 Å². The molecule has 0 saturated carbocycles. The lowest BCUT2D eigenvalue weighted by Gasteiger charge is -2.12. The molecule has 1 heterocycles. The topological polar surface area (TPSA) is 55.0 Å². The fourth-order valence-corrected chi connectivity index (χ4v) is 1.81. The van der Waals surface area contributed by atoms with Crippen LogP contribution in [-0.4, -0.2) is 15.7 Å². The lowest BCUT2D eigenvalue weighted by Crippen LogP contribution is -2.25. The molecular formula is C11H14F2N4S. The molecule has 1 rings (SSSR count). The summed E-state index contributed by atoms with van der Waals surface area (Å²) in [5.41, 5.74) is 0. The summed E-state index contributed by atoms with van der Waals surface area (Å²) in [4.78, 5) is 8.24. The molecule has 0 radical (unpaired) electrons. The van der Waals surface area contributed by atoms with Crippen molar-refractivity contribution in [3.05, 3.63) is 36.7 Å². The molecule has 1 aromatic rings. The number of hydrogen-bond donors (Lipinski definition) is 1. The molecule has 0 bridgehead atoms. The van der Waals surface area contributed by atoms with Gasteiger partial charge in [-0.2, -0.15) is 8.78 Å². The molecule has 0 fully saturated rings. The van der Waals surface area contributed by atoms with Crippen molar-refractivity contribution in [2.75, 3.05) is 10.8 Å². The molecule has 0 unspecified atom stereocenters. The van der Waals surface area contributed by atoms with Crippen LogP contribution in [0.1, 0.15) is 13.3 Å². The number of nitrogens with zero attached hydrogens (tertiary/aromatic N) is 3. The second kappa shape index (κ2) is 7.78. The molecule has 0 spiro atoms. The Bertz CT molecular complexity index is 433. The van der Waals surface area contributed by atoms with E-state index < -0.39 is 6.08 Å². The maximum Gasteiger partial charge on any atom is 0.266 e. The van der Waals surface area contributed by atoms with E-state index >= 15 is 0 Å². The summed E-state index contributed by atoms with van der Waals surface area (Å²) < 4.78 is 23.6. The Morgan fingerprint density at radius 1 is 1.56 bits per heavy atom. The molecule has 18 heavy (non-hydrogen) atoms. The highest BCUT2D eigenvalue weighted by molar-refractivity contribution is 7.99. The number of thioether (sulfide) groups is 1. The molecular weight excluding hydrogens is 258 g/mol. The minimum absolute atomic E-state index is 0.280. The quantitative estimate of drug-likeness (QED) is 0.284. The molecule has 0 atom stereocenters. The van der Waals surface area contributed by atoms with Crippen molar-refractivity contribution in [1.82, 2.24) is 9.97 Å². The van der Waals surface area contributed by atoms with Crippen LogP contribution in [0.3, 0.4) is 0 Å². The molecule has 0 aliphatic rings. The Hall–Kier alpha value is -1.47. The van der Waals surface area contributed by atoms with Gasteiger partial charge in [0.15, 0.2) is 11.0 Å². The predicted octanol–water partition coefficient (Wildman–Crippen LogP) is 2.95. The number of rotatable bonds is 6. The van der Waals surface area contributed by atoms with Crippen LogP contribution >= 0.6 is 11.8 Å². The Balaban J connectivity index is 2.57. The van der Waals surface area contributed by atoms with Gasteiger partial charge < -0.3 is 0 Å². The van der Waals surface area contributed by atoms with Crippen molar-refractivity contribution in [3.8, 4) is 0 Å². The summed E-state index contributed by atoms with van der Waals surface area (Å²) in [5.74, 6) is 6.76. The first-order valence-electron chi connectivity index (χ1n) is 5.27. The van der Waals surface area contributed by atoms with E-state index in [2.05, 4.69) is 9.97 Å². The smallest absolute Gasteiger partial charge is 0.266 e. The Labute approximate surface area is 109 Å². The second-order valence-corrected chi connectivity index (χ2v) is 4.28. The summed E-state index contributed by atoms with van der Waals surface area (Å²) in [6.07, 6.45) is 4.53. The van der Waals surface area contributed by atoms with Crippen LogP contribution in [0.25, 0.3) is 0 Å². The van der Waals surface area contributed by atoms with Crippen molar-refractivity contribution in [3.63, 3.8) is 0 Å². The lowest BCUT2D eigenvalue weighted by molar-refractivity contribution is 0.418. The van der Waals surface area contributed by atoms with E-state index in [1.54, 1.807) is 24.5 Å². The third-order valence-corrected chi connectivity index (χ3v) is 2.74. The van der Waals surface area contributed by atoms with Crippen LogP contribution in [0.5, 0.6) is 0 Å². The monoisotopic (exact) mass is 272 g/mol. The van der Waals surface area contributed by atoms with Crippen molar-refractivity contribution in [2.24, 2.45) is 5.84 Å².